The van der Waals surface area contributed by atoms with Crippen LogP contribution in [0.1, 0.15) is 16.2 Å². The molecule has 1 aromatic carbocycles. The fourth-order valence-corrected chi connectivity index (χ4v) is 2.08. The quantitative estimate of drug-likeness (QED) is 0.733. The molecule has 1 amide bonds. The molecule has 20 heavy (non-hydrogen) atoms. The lowest BCUT2D eigenvalue weighted by Gasteiger charge is -2.05. The van der Waals surface area contributed by atoms with Gasteiger partial charge in [0.05, 0.1) is 5.56 Å². The zero-order valence-electron chi connectivity index (χ0n) is 10.6. The van der Waals surface area contributed by atoms with Crippen LogP contribution in [-0.4, -0.2) is 15.9 Å². The molecule has 0 fully saturated rings. The Labute approximate surface area is 119 Å². The molecule has 0 aliphatic heterocycles. The second kappa shape index (κ2) is 4.94. The SMILES string of the molecule is Cc1nc2cc(NC(=O)c3cccnc3Cl)ccc2o1. The number of halogens is 1. The van der Waals surface area contributed by atoms with E-state index in [1.165, 1.54) is 6.20 Å². The number of nitrogens with one attached hydrogen (secondary N) is 1. The summed E-state index contributed by atoms with van der Waals surface area (Å²) in [5.74, 6) is 0.265. The van der Waals surface area contributed by atoms with Crippen molar-refractivity contribution in [1.29, 1.82) is 0 Å². The number of hydrogen-bond acceptors (Lipinski definition) is 4. The molecule has 6 heteroatoms. The Morgan fingerprint density at radius 1 is 1.35 bits per heavy atom. The van der Waals surface area contributed by atoms with Gasteiger partial charge in [-0.05, 0) is 30.3 Å². The third-order valence-electron chi connectivity index (χ3n) is 2.76. The largest absolute Gasteiger partial charge is 0.441 e. The number of pyridine rings is 1. The number of aryl methyl sites for hydroxylation is 1. The van der Waals surface area contributed by atoms with E-state index in [2.05, 4.69) is 15.3 Å². The van der Waals surface area contributed by atoms with Gasteiger partial charge in [-0.15, -0.1) is 0 Å². The third kappa shape index (κ3) is 2.35. The highest BCUT2D eigenvalue weighted by Crippen LogP contribution is 2.21. The topological polar surface area (TPSA) is 68.0 Å². The lowest BCUT2D eigenvalue weighted by Crippen LogP contribution is -2.12. The number of benzene rings is 1. The molecule has 0 atom stereocenters. The van der Waals surface area contributed by atoms with Crippen LogP contribution in [0.25, 0.3) is 11.1 Å². The number of carbonyl (C=O) groups is 1. The van der Waals surface area contributed by atoms with Crippen LogP contribution in [0.15, 0.2) is 40.9 Å². The number of nitrogens with zero attached hydrogens (tertiary/aromatic N) is 2. The van der Waals surface area contributed by atoms with Gasteiger partial charge in [0.2, 0.25) is 0 Å². The van der Waals surface area contributed by atoms with Gasteiger partial charge in [0.1, 0.15) is 10.7 Å². The van der Waals surface area contributed by atoms with E-state index in [4.69, 9.17) is 16.0 Å². The van der Waals surface area contributed by atoms with Crippen LogP contribution in [0.3, 0.4) is 0 Å². The van der Waals surface area contributed by atoms with E-state index in [0.29, 0.717) is 28.2 Å². The predicted molar refractivity (Wildman–Crippen MR) is 75.9 cm³/mol. The summed E-state index contributed by atoms with van der Waals surface area (Å²) in [5.41, 5.74) is 2.32. The number of aromatic nitrogens is 2. The number of fused-ring (bicyclic) bond motifs is 1. The maximum absolute atomic E-state index is 12.1. The molecule has 0 spiro atoms. The zero-order chi connectivity index (χ0) is 14.1. The molecule has 0 bridgehead atoms. The minimum atomic E-state index is -0.317. The Balaban J connectivity index is 1.89. The number of rotatable bonds is 2. The van der Waals surface area contributed by atoms with Crippen LogP contribution in [0.4, 0.5) is 5.69 Å². The van der Waals surface area contributed by atoms with Gasteiger partial charge in [-0.2, -0.15) is 0 Å². The van der Waals surface area contributed by atoms with Crippen molar-refractivity contribution in [2.24, 2.45) is 0 Å². The first-order valence-electron chi connectivity index (χ1n) is 5.92. The van der Waals surface area contributed by atoms with Crippen molar-refractivity contribution in [1.82, 2.24) is 9.97 Å². The predicted octanol–water partition coefficient (Wildman–Crippen LogP) is 3.44. The molecule has 2 aromatic heterocycles. The molecule has 100 valence electrons. The minimum Gasteiger partial charge on any atom is -0.441 e. The molecule has 5 nitrogen and oxygen atoms in total. The summed E-state index contributed by atoms with van der Waals surface area (Å²) in [6.45, 7) is 1.77. The second-order valence-electron chi connectivity index (χ2n) is 4.21. The van der Waals surface area contributed by atoms with Crippen LogP contribution in [0.2, 0.25) is 5.15 Å². The molecule has 2 heterocycles. The Bertz CT molecular complexity index is 798. The second-order valence-corrected chi connectivity index (χ2v) is 4.57. The highest BCUT2D eigenvalue weighted by Gasteiger charge is 2.11. The molecule has 0 unspecified atom stereocenters. The summed E-state index contributed by atoms with van der Waals surface area (Å²) < 4.78 is 5.38. The molecular formula is C14H10ClN3O2. The molecule has 3 aromatic rings. The molecule has 0 radical (unpaired) electrons. The van der Waals surface area contributed by atoms with Crippen molar-refractivity contribution in [3.05, 3.63) is 53.1 Å². The van der Waals surface area contributed by atoms with Crippen LogP contribution < -0.4 is 5.32 Å². The molecule has 3 rings (SSSR count). The first-order chi connectivity index (χ1) is 9.63. The van der Waals surface area contributed by atoms with Gasteiger partial charge in [-0.3, -0.25) is 4.79 Å². The Kier molecular flexibility index (Phi) is 3.12. The van der Waals surface area contributed by atoms with Gasteiger partial charge in [0.15, 0.2) is 11.5 Å². The first kappa shape index (κ1) is 12.6. The Hall–Kier alpha value is -2.40. The summed E-state index contributed by atoms with van der Waals surface area (Å²) >= 11 is 5.88. The van der Waals surface area contributed by atoms with Crippen molar-refractivity contribution in [2.45, 2.75) is 6.92 Å². The van der Waals surface area contributed by atoms with Gasteiger partial charge in [0.25, 0.3) is 5.91 Å². The third-order valence-corrected chi connectivity index (χ3v) is 3.06. The first-order valence-corrected chi connectivity index (χ1v) is 6.30. The summed E-state index contributed by atoms with van der Waals surface area (Å²) in [5, 5.41) is 2.93. The highest BCUT2D eigenvalue weighted by atomic mass is 35.5. The maximum atomic E-state index is 12.1. The van der Waals surface area contributed by atoms with Gasteiger partial charge in [-0.1, -0.05) is 11.6 Å². The number of amides is 1. The van der Waals surface area contributed by atoms with Gasteiger partial charge < -0.3 is 9.73 Å². The van der Waals surface area contributed by atoms with Crippen molar-refractivity contribution in [3.8, 4) is 0 Å². The van der Waals surface area contributed by atoms with Crippen molar-refractivity contribution in [3.63, 3.8) is 0 Å². The molecule has 0 aliphatic rings. The molecular weight excluding hydrogens is 278 g/mol. The lowest BCUT2D eigenvalue weighted by molar-refractivity contribution is 0.102. The fourth-order valence-electron chi connectivity index (χ4n) is 1.87. The standard InChI is InChI=1S/C14H10ClN3O2/c1-8-17-11-7-9(4-5-12(11)20-8)18-14(19)10-3-2-6-16-13(10)15/h2-7H,1H3,(H,18,19). The molecule has 0 saturated heterocycles. The molecule has 1 N–H and O–H groups in total. The summed E-state index contributed by atoms with van der Waals surface area (Å²) in [6, 6.07) is 8.52. The van der Waals surface area contributed by atoms with Crippen LogP contribution in [0, 0.1) is 6.92 Å². The van der Waals surface area contributed by atoms with Crippen LogP contribution in [-0.2, 0) is 0 Å². The normalized spacial score (nSPS) is 10.7. The Morgan fingerprint density at radius 3 is 3.00 bits per heavy atom. The number of carbonyl (C=O) groups excluding carboxylic acids is 1. The summed E-state index contributed by atoms with van der Waals surface area (Å²) in [4.78, 5) is 20.2. The number of hydrogen-bond donors (Lipinski definition) is 1. The lowest BCUT2D eigenvalue weighted by atomic mass is 10.2. The van der Waals surface area contributed by atoms with E-state index >= 15 is 0 Å². The van der Waals surface area contributed by atoms with Crippen molar-refractivity contribution in [2.75, 3.05) is 5.32 Å². The van der Waals surface area contributed by atoms with E-state index in [1.54, 1.807) is 37.3 Å². The van der Waals surface area contributed by atoms with Crippen LogP contribution in [0.5, 0.6) is 0 Å². The van der Waals surface area contributed by atoms with Gasteiger partial charge >= 0.3 is 0 Å². The van der Waals surface area contributed by atoms with Gasteiger partial charge in [0, 0.05) is 18.8 Å². The average molecular weight is 288 g/mol. The average Bonchev–Trinajstić information content (AvgIpc) is 2.78. The maximum Gasteiger partial charge on any atom is 0.258 e. The minimum absolute atomic E-state index is 0.170. The van der Waals surface area contributed by atoms with Crippen LogP contribution >= 0.6 is 11.6 Å². The van der Waals surface area contributed by atoms with Crippen molar-refractivity contribution >= 4 is 34.3 Å². The summed E-state index contributed by atoms with van der Waals surface area (Å²) in [6.07, 6.45) is 1.53. The number of anilines is 1. The molecule has 0 saturated carbocycles. The smallest absolute Gasteiger partial charge is 0.258 e. The van der Waals surface area contributed by atoms with Crippen molar-refractivity contribution < 1.29 is 9.21 Å². The van der Waals surface area contributed by atoms with E-state index in [9.17, 15) is 4.79 Å². The molecule has 0 aliphatic carbocycles. The highest BCUT2D eigenvalue weighted by molar-refractivity contribution is 6.33. The fraction of sp³-hybridized carbons (Fsp3) is 0.0714. The van der Waals surface area contributed by atoms with E-state index in [0.717, 1.165) is 0 Å². The summed E-state index contributed by atoms with van der Waals surface area (Å²) in [7, 11) is 0. The van der Waals surface area contributed by atoms with E-state index in [-0.39, 0.29) is 11.1 Å². The number of oxazole rings is 1. The van der Waals surface area contributed by atoms with E-state index in [1.807, 2.05) is 0 Å². The monoisotopic (exact) mass is 287 g/mol. The zero-order valence-corrected chi connectivity index (χ0v) is 11.3. The van der Waals surface area contributed by atoms with E-state index < -0.39 is 0 Å². The van der Waals surface area contributed by atoms with Gasteiger partial charge in [-0.25, -0.2) is 9.97 Å². The Morgan fingerprint density at radius 2 is 2.20 bits per heavy atom.